The molecule has 1 aromatic carbocycles. The van der Waals surface area contributed by atoms with Gasteiger partial charge in [-0.15, -0.1) is 0 Å². The fourth-order valence-corrected chi connectivity index (χ4v) is 1.84. The summed E-state index contributed by atoms with van der Waals surface area (Å²) in [4.78, 5) is 22.9. The fraction of sp³-hybridized carbons (Fsp3) is 0.429. The van der Waals surface area contributed by atoms with E-state index >= 15 is 0 Å². The van der Waals surface area contributed by atoms with Crippen LogP contribution in [0.2, 0.25) is 0 Å². The first kappa shape index (κ1) is 12.6. The number of carbonyl (C=O) groups excluding carboxylic acids is 1. The van der Waals surface area contributed by atoms with Gasteiger partial charge in [0.2, 0.25) is 5.91 Å². The third-order valence-corrected chi connectivity index (χ3v) is 3.20. The molecule has 18 heavy (non-hydrogen) atoms. The lowest BCUT2D eigenvalue weighted by Crippen LogP contribution is -2.34. The van der Waals surface area contributed by atoms with Crippen molar-refractivity contribution in [3.63, 3.8) is 0 Å². The first-order chi connectivity index (χ1) is 8.61. The third kappa shape index (κ3) is 2.88. The van der Waals surface area contributed by atoms with Crippen LogP contribution in [0.5, 0.6) is 0 Å². The summed E-state index contributed by atoms with van der Waals surface area (Å²) in [5.74, 6) is -1.16. The van der Waals surface area contributed by atoms with Crippen molar-refractivity contribution in [2.75, 3.05) is 0 Å². The highest BCUT2D eigenvalue weighted by atomic mass is 16.4. The summed E-state index contributed by atoms with van der Waals surface area (Å²) in [6, 6.07) is 6.39. The second-order valence-electron chi connectivity index (χ2n) is 4.65. The number of nitrogens with one attached hydrogen (secondary N) is 1. The molecule has 4 heteroatoms. The molecular formula is C14H17NO3. The summed E-state index contributed by atoms with van der Waals surface area (Å²) in [5.41, 5.74) is 1.77. The van der Waals surface area contributed by atoms with Crippen LogP contribution in [0, 0.1) is 5.92 Å². The number of aryl methyl sites for hydroxylation is 1. The molecule has 1 aliphatic carbocycles. The van der Waals surface area contributed by atoms with Gasteiger partial charge in [-0.2, -0.15) is 0 Å². The zero-order chi connectivity index (χ0) is 13.1. The lowest BCUT2D eigenvalue weighted by atomic mass is 10.0. The van der Waals surface area contributed by atoms with Crippen LogP contribution in [-0.2, 0) is 16.0 Å². The molecule has 2 N–H and O–H groups in total. The van der Waals surface area contributed by atoms with Crippen molar-refractivity contribution in [2.45, 2.75) is 32.2 Å². The van der Waals surface area contributed by atoms with Crippen LogP contribution in [0.3, 0.4) is 0 Å². The molecule has 0 heterocycles. The van der Waals surface area contributed by atoms with E-state index in [2.05, 4.69) is 5.32 Å². The zero-order valence-electron chi connectivity index (χ0n) is 10.3. The maximum atomic E-state index is 11.6. The second-order valence-corrected chi connectivity index (χ2v) is 4.65. The molecule has 0 aliphatic heterocycles. The highest BCUT2D eigenvalue weighted by molar-refractivity contribution is 5.87. The highest BCUT2D eigenvalue weighted by Crippen LogP contribution is 2.29. The normalized spacial score (nSPS) is 16.1. The number of hydrogen-bond acceptors (Lipinski definition) is 2. The van der Waals surface area contributed by atoms with Gasteiger partial charge in [0, 0.05) is 5.92 Å². The molecule has 1 saturated carbocycles. The number of amides is 1. The molecule has 0 bridgehead atoms. The van der Waals surface area contributed by atoms with Crippen LogP contribution >= 0.6 is 0 Å². The number of carboxylic acid groups (broad SMARTS) is 1. The van der Waals surface area contributed by atoms with E-state index < -0.39 is 12.0 Å². The Morgan fingerprint density at radius 3 is 2.39 bits per heavy atom. The summed E-state index contributed by atoms with van der Waals surface area (Å²) >= 11 is 0. The molecule has 0 radical (unpaired) electrons. The van der Waals surface area contributed by atoms with Gasteiger partial charge in [0.25, 0.3) is 0 Å². The van der Waals surface area contributed by atoms with Crippen molar-refractivity contribution in [2.24, 2.45) is 5.92 Å². The molecule has 0 spiro atoms. The Morgan fingerprint density at radius 1 is 1.33 bits per heavy atom. The molecule has 1 aromatic rings. The average molecular weight is 247 g/mol. The quantitative estimate of drug-likeness (QED) is 0.835. The second kappa shape index (κ2) is 5.21. The third-order valence-electron chi connectivity index (χ3n) is 3.20. The number of carboxylic acids is 1. The minimum Gasteiger partial charge on any atom is -0.479 e. The molecular weight excluding hydrogens is 230 g/mol. The van der Waals surface area contributed by atoms with Crippen molar-refractivity contribution in [3.05, 3.63) is 35.4 Å². The summed E-state index contributed by atoms with van der Waals surface area (Å²) in [6.07, 6.45) is 2.65. The monoisotopic (exact) mass is 247 g/mol. The molecule has 96 valence electrons. The summed E-state index contributed by atoms with van der Waals surface area (Å²) < 4.78 is 0. The Hall–Kier alpha value is -1.84. The van der Waals surface area contributed by atoms with Gasteiger partial charge in [-0.05, 0) is 30.4 Å². The molecule has 0 saturated heterocycles. The first-order valence-corrected chi connectivity index (χ1v) is 6.24. The predicted molar refractivity (Wildman–Crippen MR) is 67.1 cm³/mol. The van der Waals surface area contributed by atoms with Crippen molar-refractivity contribution in [1.29, 1.82) is 0 Å². The van der Waals surface area contributed by atoms with E-state index in [-0.39, 0.29) is 11.8 Å². The lowest BCUT2D eigenvalue weighted by molar-refractivity contribution is -0.142. The van der Waals surface area contributed by atoms with E-state index in [0.717, 1.165) is 24.8 Å². The number of benzene rings is 1. The molecule has 2 rings (SSSR count). The average Bonchev–Trinajstić information content (AvgIpc) is 3.20. The molecule has 1 aliphatic rings. The molecule has 1 fully saturated rings. The Balaban J connectivity index is 2.12. The first-order valence-electron chi connectivity index (χ1n) is 6.24. The topological polar surface area (TPSA) is 66.4 Å². The molecule has 1 unspecified atom stereocenters. The van der Waals surface area contributed by atoms with Crippen molar-refractivity contribution >= 4 is 11.9 Å². The molecule has 1 atom stereocenters. The van der Waals surface area contributed by atoms with E-state index in [1.165, 1.54) is 0 Å². The van der Waals surface area contributed by atoms with Gasteiger partial charge in [-0.25, -0.2) is 4.79 Å². The van der Waals surface area contributed by atoms with Gasteiger partial charge in [-0.3, -0.25) is 4.79 Å². The van der Waals surface area contributed by atoms with Crippen LogP contribution in [0.1, 0.15) is 36.9 Å². The van der Waals surface area contributed by atoms with Crippen LogP contribution in [-0.4, -0.2) is 17.0 Å². The van der Waals surface area contributed by atoms with E-state index in [4.69, 9.17) is 0 Å². The Morgan fingerprint density at radius 2 is 1.94 bits per heavy atom. The van der Waals surface area contributed by atoms with E-state index in [1.807, 2.05) is 19.1 Å². The summed E-state index contributed by atoms with van der Waals surface area (Å²) in [6.45, 7) is 2.04. The van der Waals surface area contributed by atoms with Gasteiger partial charge < -0.3 is 10.4 Å². The Kier molecular flexibility index (Phi) is 3.65. The smallest absolute Gasteiger partial charge is 0.330 e. The minimum atomic E-state index is -1.02. The van der Waals surface area contributed by atoms with Crippen LogP contribution in [0.25, 0.3) is 0 Å². The van der Waals surface area contributed by atoms with Gasteiger partial charge in [-0.1, -0.05) is 31.2 Å². The number of rotatable bonds is 5. The number of carbonyl (C=O) groups is 2. The lowest BCUT2D eigenvalue weighted by Gasteiger charge is -2.15. The SMILES string of the molecule is CCc1ccc(C(NC(=O)C2CC2)C(=O)O)cc1. The summed E-state index contributed by atoms with van der Waals surface area (Å²) in [7, 11) is 0. The standard InChI is InChI=1S/C14H17NO3/c1-2-9-3-5-10(6-4-9)12(14(17)18)15-13(16)11-7-8-11/h3-6,11-12H,2,7-8H2,1H3,(H,15,16)(H,17,18). The van der Waals surface area contributed by atoms with Gasteiger partial charge in [0.15, 0.2) is 6.04 Å². The van der Waals surface area contributed by atoms with E-state index in [0.29, 0.717) is 5.56 Å². The van der Waals surface area contributed by atoms with Gasteiger partial charge >= 0.3 is 5.97 Å². The van der Waals surface area contributed by atoms with Crippen molar-refractivity contribution in [3.8, 4) is 0 Å². The van der Waals surface area contributed by atoms with Crippen LogP contribution < -0.4 is 5.32 Å². The van der Waals surface area contributed by atoms with Crippen molar-refractivity contribution in [1.82, 2.24) is 5.32 Å². The van der Waals surface area contributed by atoms with E-state index in [1.54, 1.807) is 12.1 Å². The number of aliphatic carboxylic acids is 1. The Bertz CT molecular complexity index is 449. The molecule has 4 nitrogen and oxygen atoms in total. The summed E-state index contributed by atoms with van der Waals surface area (Å²) in [5, 5.41) is 11.8. The Labute approximate surface area is 106 Å². The van der Waals surface area contributed by atoms with Gasteiger partial charge in [0.1, 0.15) is 0 Å². The molecule has 0 aromatic heterocycles. The van der Waals surface area contributed by atoms with Crippen LogP contribution in [0.15, 0.2) is 24.3 Å². The zero-order valence-corrected chi connectivity index (χ0v) is 10.3. The maximum Gasteiger partial charge on any atom is 0.330 e. The van der Waals surface area contributed by atoms with E-state index in [9.17, 15) is 14.7 Å². The van der Waals surface area contributed by atoms with Gasteiger partial charge in [0.05, 0.1) is 0 Å². The van der Waals surface area contributed by atoms with Crippen LogP contribution in [0.4, 0.5) is 0 Å². The van der Waals surface area contributed by atoms with Crippen molar-refractivity contribution < 1.29 is 14.7 Å². The highest BCUT2D eigenvalue weighted by Gasteiger charge is 2.33. The maximum absolute atomic E-state index is 11.6. The predicted octanol–water partition coefficient (Wildman–Crippen LogP) is 1.90. The largest absolute Gasteiger partial charge is 0.479 e. The molecule has 1 amide bonds. The number of hydrogen-bond donors (Lipinski definition) is 2. The minimum absolute atomic E-state index is 0.0155. The fourth-order valence-electron chi connectivity index (χ4n) is 1.84.